The predicted molar refractivity (Wildman–Crippen MR) is 107 cm³/mol. The SMILES string of the molecule is CCCCN1C(=O)/C(=C/c2ccc([N+](=O)[O-])o2)C(=O)N(CCc2ccccc2)C1=O. The van der Waals surface area contributed by atoms with E-state index in [9.17, 15) is 24.5 Å². The summed E-state index contributed by atoms with van der Waals surface area (Å²) in [4.78, 5) is 50.8. The van der Waals surface area contributed by atoms with Crippen molar-refractivity contribution in [1.29, 1.82) is 0 Å². The van der Waals surface area contributed by atoms with Crippen LogP contribution in [0.1, 0.15) is 31.1 Å². The molecule has 156 valence electrons. The monoisotopic (exact) mass is 411 g/mol. The van der Waals surface area contributed by atoms with Crippen LogP contribution in [-0.4, -0.2) is 45.7 Å². The minimum atomic E-state index is -0.743. The summed E-state index contributed by atoms with van der Waals surface area (Å²) in [7, 11) is 0. The van der Waals surface area contributed by atoms with E-state index in [1.807, 2.05) is 37.3 Å². The summed E-state index contributed by atoms with van der Waals surface area (Å²) in [6, 6.07) is 11.1. The minimum absolute atomic E-state index is 0.00815. The molecule has 0 atom stereocenters. The number of carbonyl (C=O) groups is 3. The molecule has 1 aromatic heterocycles. The number of hydrogen-bond acceptors (Lipinski definition) is 6. The third-order valence-electron chi connectivity index (χ3n) is 4.69. The summed E-state index contributed by atoms with van der Waals surface area (Å²) >= 11 is 0. The van der Waals surface area contributed by atoms with Gasteiger partial charge in [-0.25, -0.2) is 4.79 Å². The van der Waals surface area contributed by atoms with Gasteiger partial charge in [0.25, 0.3) is 11.8 Å². The van der Waals surface area contributed by atoms with E-state index in [1.165, 1.54) is 6.07 Å². The van der Waals surface area contributed by atoms with Crippen molar-refractivity contribution < 1.29 is 23.7 Å². The number of urea groups is 1. The molecule has 0 bridgehead atoms. The van der Waals surface area contributed by atoms with Crippen LogP contribution >= 0.6 is 0 Å². The lowest BCUT2D eigenvalue weighted by molar-refractivity contribution is -0.402. The van der Waals surface area contributed by atoms with Gasteiger partial charge >= 0.3 is 11.9 Å². The van der Waals surface area contributed by atoms with E-state index in [2.05, 4.69) is 0 Å². The number of nitro groups is 1. The predicted octanol–water partition coefficient (Wildman–Crippen LogP) is 3.40. The molecule has 1 fully saturated rings. The third kappa shape index (κ3) is 4.45. The van der Waals surface area contributed by atoms with Crippen molar-refractivity contribution in [3.8, 4) is 0 Å². The van der Waals surface area contributed by atoms with Crippen LogP contribution in [-0.2, 0) is 16.0 Å². The van der Waals surface area contributed by atoms with Crippen LogP contribution in [0.4, 0.5) is 10.7 Å². The Bertz CT molecular complexity index is 995. The number of unbranched alkanes of at least 4 members (excludes halogenated alkanes) is 1. The van der Waals surface area contributed by atoms with Gasteiger partial charge in [-0.2, -0.15) is 0 Å². The highest BCUT2D eigenvalue weighted by molar-refractivity contribution is 6.30. The van der Waals surface area contributed by atoms with Crippen molar-refractivity contribution in [2.75, 3.05) is 13.1 Å². The first kappa shape index (κ1) is 21.0. The Morgan fingerprint density at radius 1 is 1.00 bits per heavy atom. The molecule has 0 radical (unpaired) electrons. The van der Waals surface area contributed by atoms with E-state index >= 15 is 0 Å². The highest BCUT2D eigenvalue weighted by atomic mass is 16.6. The van der Waals surface area contributed by atoms with Crippen molar-refractivity contribution in [1.82, 2.24) is 9.80 Å². The molecule has 1 aromatic carbocycles. The average Bonchev–Trinajstić information content (AvgIpc) is 3.21. The molecule has 0 N–H and O–H groups in total. The summed E-state index contributed by atoms with van der Waals surface area (Å²) in [6.07, 6.45) is 2.95. The second-order valence-corrected chi connectivity index (χ2v) is 6.78. The van der Waals surface area contributed by atoms with Crippen LogP contribution in [0.2, 0.25) is 0 Å². The lowest BCUT2D eigenvalue weighted by atomic mass is 10.1. The topological polar surface area (TPSA) is 114 Å². The van der Waals surface area contributed by atoms with E-state index in [4.69, 9.17) is 4.42 Å². The number of hydrogen-bond donors (Lipinski definition) is 0. The van der Waals surface area contributed by atoms with E-state index in [0.29, 0.717) is 12.8 Å². The maximum atomic E-state index is 12.9. The number of carbonyl (C=O) groups excluding carboxylic acids is 3. The van der Waals surface area contributed by atoms with Gasteiger partial charge in [0.2, 0.25) is 0 Å². The van der Waals surface area contributed by atoms with Gasteiger partial charge in [-0.3, -0.25) is 29.5 Å². The second-order valence-electron chi connectivity index (χ2n) is 6.78. The first-order valence-corrected chi connectivity index (χ1v) is 9.60. The minimum Gasteiger partial charge on any atom is -0.401 e. The average molecular weight is 411 g/mol. The fourth-order valence-corrected chi connectivity index (χ4v) is 3.08. The molecule has 2 heterocycles. The summed E-state index contributed by atoms with van der Waals surface area (Å²) in [6.45, 7) is 2.21. The second kappa shape index (κ2) is 9.17. The zero-order valence-electron chi connectivity index (χ0n) is 16.4. The van der Waals surface area contributed by atoms with Gasteiger partial charge < -0.3 is 4.42 Å². The highest BCUT2D eigenvalue weighted by Gasteiger charge is 2.41. The van der Waals surface area contributed by atoms with Crippen molar-refractivity contribution in [3.63, 3.8) is 0 Å². The standard InChI is InChI=1S/C21H21N3O6/c1-2-3-12-22-19(25)17(14-16-9-10-18(30-16)24(28)29)20(26)23(21(22)27)13-11-15-7-5-4-6-8-15/h4-10,14H,2-3,11-13H2,1H3/b17-14-. The van der Waals surface area contributed by atoms with E-state index in [1.54, 1.807) is 0 Å². The molecule has 4 amide bonds. The Hall–Kier alpha value is -3.75. The molecule has 3 rings (SSSR count). The lowest BCUT2D eigenvalue weighted by Gasteiger charge is -2.34. The molecule has 0 saturated carbocycles. The Kier molecular flexibility index (Phi) is 6.41. The molecular formula is C21H21N3O6. The summed E-state index contributed by atoms with van der Waals surface area (Å²) < 4.78 is 5.05. The van der Waals surface area contributed by atoms with Crippen molar-refractivity contribution >= 4 is 29.8 Å². The lowest BCUT2D eigenvalue weighted by Crippen LogP contribution is -2.56. The van der Waals surface area contributed by atoms with Gasteiger partial charge in [0.05, 0.1) is 6.07 Å². The molecular weight excluding hydrogens is 390 g/mol. The first-order chi connectivity index (χ1) is 14.4. The number of imide groups is 2. The van der Waals surface area contributed by atoms with E-state index < -0.39 is 28.7 Å². The number of nitrogens with zero attached hydrogens (tertiary/aromatic N) is 3. The number of amides is 4. The van der Waals surface area contributed by atoms with Crippen LogP contribution in [0.5, 0.6) is 0 Å². The maximum absolute atomic E-state index is 12.9. The normalized spacial score (nSPS) is 15.9. The molecule has 0 aliphatic carbocycles. The largest absolute Gasteiger partial charge is 0.433 e. The molecule has 30 heavy (non-hydrogen) atoms. The molecule has 2 aromatic rings. The van der Waals surface area contributed by atoms with Gasteiger partial charge in [-0.05, 0) is 30.5 Å². The summed E-state index contributed by atoms with van der Waals surface area (Å²) in [5.74, 6) is -1.98. The molecule has 1 aliphatic rings. The van der Waals surface area contributed by atoms with Crippen molar-refractivity contribution in [2.24, 2.45) is 0 Å². The van der Waals surface area contributed by atoms with Crippen molar-refractivity contribution in [3.05, 3.63) is 69.5 Å². The summed E-state index contributed by atoms with van der Waals surface area (Å²) in [5.41, 5.74) is 0.685. The Morgan fingerprint density at radius 2 is 1.67 bits per heavy atom. The number of furan rings is 1. The molecule has 9 heteroatoms. The van der Waals surface area contributed by atoms with Crippen LogP contribution in [0.25, 0.3) is 6.08 Å². The molecule has 1 aliphatic heterocycles. The van der Waals surface area contributed by atoms with Crippen LogP contribution in [0.15, 0.2) is 52.5 Å². The highest BCUT2D eigenvalue weighted by Crippen LogP contribution is 2.24. The first-order valence-electron chi connectivity index (χ1n) is 9.60. The van der Waals surface area contributed by atoms with Gasteiger partial charge in [0, 0.05) is 13.1 Å². The number of rotatable bonds is 8. The Morgan fingerprint density at radius 3 is 2.27 bits per heavy atom. The maximum Gasteiger partial charge on any atom is 0.433 e. The van der Waals surface area contributed by atoms with E-state index in [0.717, 1.165) is 33.9 Å². The fourth-order valence-electron chi connectivity index (χ4n) is 3.08. The van der Waals surface area contributed by atoms with Crippen LogP contribution < -0.4 is 0 Å². The fraction of sp³-hybridized carbons (Fsp3) is 0.286. The van der Waals surface area contributed by atoms with Crippen molar-refractivity contribution in [2.45, 2.75) is 26.2 Å². The summed E-state index contributed by atoms with van der Waals surface area (Å²) in [5, 5.41) is 10.8. The molecule has 0 spiro atoms. The number of barbiturate groups is 1. The Balaban J connectivity index is 1.90. The van der Waals surface area contributed by atoms with E-state index in [-0.39, 0.29) is 24.4 Å². The van der Waals surface area contributed by atoms with Gasteiger partial charge in [0.15, 0.2) is 0 Å². The molecule has 1 saturated heterocycles. The zero-order valence-corrected chi connectivity index (χ0v) is 16.4. The van der Waals surface area contributed by atoms with Gasteiger partial charge in [-0.15, -0.1) is 0 Å². The third-order valence-corrected chi connectivity index (χ3v) is 4.69. The van der Waals surface area contributed by atoms with Gasteiger partial charge in [-0.1, -0.05) is 43.7 Å². The number of benzene rings is 1. The molecule has 0 unspecified atom stereocenters. The van der Waals surface area contributed by atoms with Crippen LogP contribution in [0, 0.1) is 10.1 Å². The molecule has 9 nitrogen and oxygen atoms in total. The Labute approximate surface area is 172 Å². The van der Waals surface area contributed by atoms with Gasteiger partial charge in [0.1, 0.15) is 16.3 Å². The zero-order chi connectivity index (χ0) is 21.7. The smallest absolute Gasteiger partial charge is 0.401 e. The quantitative estimate of drug-likeness (QED) is 0.285. The van der Waals surface area contributed by atoms with Crippen LogP contribution in [0.3, 0.4) is 0 Å².